The summed E-state index contributed by atoms with van der Waals surface area (Å²) in [6.07, 6.45) is 1.33. The topological polar surface area (TPSA) is 73.8 Å². The van der Waals surface area contributed by atoms with E-state index in [1.807, 2.05) is 48.5 Å². The molecule has 0 radical (unpaired) electrons. The van der Waals surface area contributed by atoms with E-state index in [1.165, 1.54) is 6.20 Å². The van der Waals surface area contributed by atoms with Crippen molar-refractivity contribution in [2.75, 3.05) is 33.4 Å². The van der Waals surface area contributed by atoms with E-state index in [0.717, 1.165) is 17.0 Å². The van der Waals surface area contributed by atoms with Crippen molar-refractivity contribution >= 4 is 16.9 Å². The number of morpholine rings is 1. The van der Waals surface area contributed by atoms with E-state index >= 15 is 0 Å². The van der Waals surface area contributed by atoms with Crippen molar-refractivity contribution in [2.45, 2.75) is 6.10 Å². The number of carbonyl (C=O) groups is 1. The van der Waals surface area contributed by atoms with E-state index in [4.69, 9.17) is 14.2 Å². The Morgan fingerprint density at radius 3 is 2.68 bits per heavy atom. The molecule has 28 heavy (non-hydrogen) atoms. The summed E-state index contributed by atoms with van der Waals surface area (Å²) in [6, 6.07) is 14.9. The third-order valence-electron chi connectivity index (χ3n) is 4.59. The van der Waals surface area contributed by atoms with Crippen molar-refractivity contribution in [3.05, 3.63) is 60.4 Å². The molecule has 1 atom stereocenters. The summed E-state index contributed by atoms with van der Waals surface area (Å²) in [5.74, 6) is 1.36. The number of rotatable bonds is 5. The van der Waals surface area contributed by atoms with Crippen molar-refractivity contribution in [2.24, 2.45) is 0 Å². The SMILES string of the molecule is COc1ccc(OCC2CN(C(=O)c3cnc4ccccc4n3)CCO2)cc1. The number of nitrogens with zero attached hydrogens (tertiary/aromatic N) is 3. The van der Waals surface area contributed by atoms with Gasteiger partial charge in [0.1, 0.15) is 29.9 Å². The highest BCUT2D eigenvalue weighted by molar-refractivity contribution is 5.93. The van der Waals surface area contributed by atoms with Crippen molar-refractivity contribution in [3.8, 4) is 11.5 Å². The molecule has 7 heteroatoms. The van der Waals surface area contributed by atoms with Gasteiger partial charge in [0.25, 0.3) is 5.91 Å². The van der Waals surface area contributed by atoms with Crippen LogP contribution in [0.2, 0.25) is 0 Å². The van der Waals surface area contributed by atoms with E-state index < -0.39 is 0 Å². The smallest absolute Gasteiger partial charge is 0.274 e. The summed E-state index contributed by atoms with van der Waals surface area (Å²) in [7, 11) is 1.62. The van der Waals surface area contributed by atoms with Gasteiger partial charge in [-0.05, 0) is 36.4 Å². The summed E-state index contributed by atoms with van der Waals surface area (Å²) in [5.41, 5.74) is 1.82. The quantitative estimate of drug-likeness (QED) is 0.678. The molecule has 1 fully saturated rings. The molecule has 4 rings (SSSR count). The number of benzene rings is 2. The van der Waals surface area contributed by atoms with E-state index in [0.29, 0.717) is 37.5 Å². The Kier molecular flexibility index (Phi) is 5.34. The first-order valence-electron chi connectivity index (χ1n) is 9.12. The molecule has 0 saturated carbocycles. The van der Waals surface area contributed by atoms with Crippen molar-refractivity contribution in [1.82, 2.24) is 14.9 Å². The molecular weight excluding hydrogens is 358 g/mol. The maximum atomic E-state index is 12.8. The molecule has 2 heterocycles. The lowest BCUT2D eigenvalue weighted by Crippen LogP contribution is -2.47. The van der Waals surface area contributed by atoms with Gasteiger partial charge in [0.2, 0.25) is 0 Å². The molecule has 0 N–H and O–H groups in total. The number of para-hydroxylation sites is 2. The number of hydrogen-bond donors (Lipinski definition) is 0. The van der Waals surface area contributed by atoms with Gasteiger partial charge in [0, 0.05) is 6.54 Å². The third kappa shape index (κ3) is 4.04. The monoisotopic (exact) mass is 379 g/mol. The average molecular weight is 379 g/mol. The largest absolute Gasteiger partial charge is 0.497 e. The highest BCUT2D eigenvalue weighted by Crippen LogP contribution is 2.18. The number of aromatic nitrogens is 2. The van der Waals surface area contributed by atoms with Crippen LogP contribution in [0.4, 0.5) is 0 Å². The van der Waals surface area contributed by atoms with Crippen LogP contribution in [0.25, 0.3) is 11.0 Å². The van der Waals surface area contributed by atoms with E-state index in [2.05, 4.69) is 9.97 Å². The first-order chi connectivity index (χ1) is 13.7. The minimum atomic E-state index is -0.201. The molecule has 3 aromatic rings. The van der Waals surface area contributed by atoms with Crippen LogP contribution in [-0.4, -0.2) is 60.3 Å². The summed E-state index contributed by atoms with van der Waals surface area (Å²) >= 11 is 0. The fraction of sp³-hybridized carbons (Fsp3) is 0.286. The lowest BCUT2D eigenvalue weighted by Gasteiger charge is -2.32. The maximum absolute atomic E-state index is 12.8. The minimum Gasteiger partial charge on any atom is -0.497 e. The summed E-state index contributed by atoms with van der Waals surface area (Å²) in [4.78, 5) is 23.4. The van der Waals surface area contributed by atoms with Gasteiger partial charge in [0.15, 0.2) is 0 Å². The molecule has 0 bridgehead atoms. The van der Waals surface area contributed by atoms with E-state index in [9.17, 15) is 4.79 Å². The molecular formula is C21H21N3O4. The van der Waals surface area contributed by atoms with Crippen molar-refractivity contribution in [3.63, 3.8) is 0 Å². The number of hydrogen-bond acceptors (Lipinski definition) is 6. The Bertz CT molecular complexity index is 961. The Morgan fingerprint density at radius 2 is 1.89 bits per heavy atom. The Balaban J connectivity index is 1.38. The zero-order chi connectivity index (χ0) is 19.3. The van der Waals surface area contributed by atoms with Gasteiger partial charge >= 0.3 is 0 Å². The van der Waals surface area contributed by atoms with Crippen LogP contribution in [0.1, 0.15) is 10.5 Å². The predicted molar refractivity (Wildman–Crippen MR) is 104 cm³/mol. The fourth-order valence-corrected chi connectivity index (χ4v) is 3.09. The van der Waals surface area contributed by atoms with Crippen molar-refractivity contribution in [1.29, 1.82) is 0 Å². The van der Waals surface area contributed by atoms with Crippen LogP contribution in [0.15, 0.2) is 54.7 Å². The van der Waals surface area contributed by atoms with E-state index in [-0.39, 0.29) is 12.0 Å². The normalized spacial score (nSPS) is 16.8. The predicted octanol–water partition coefficient (Wildman–Crippen LogP) is 2.56. The van der Waals surface area contributed by atoms with Crippen molar-refractivity contribution < 1.29 is 19.0 Å². The fourth-order valence-electron chi connectivity index (χ4n) is 3.09. The van der Waals surface area contributed by atoms with Crippen LogP contribution in [0.3, 0.4) is 0 Å². The lowest BCUT2D eigenvalue weighted by atomic mass is 10.2. The average Bonchev–Trinajstić information content (AvgIpc) is 2.77. The van der Waals surface area contributed by atoms with Gasteiger partial charge in [-0.25, -0.2) is 4.98 Å². The second-order valence-corrected chi connectivity index (χ2v) is 6.47. The van der Waals surface area contributed by atoms with Crippen LogP contribution < -0.4 is 9.47 Å². The van der Waals surface area contributed by atoms with E-state index in [1.54, 1.807) is 12.0 Å². The van der Waals surface area contributed by atoms with Crippen LogP contribution in [-0.2, 0) is 4.74 Å². The zero-order valence-electron chi connectivity index (χ0n) is 15.6. The summed E-state index contributed by atoms with van der Waals surface area (Å²) in [6.45, 7) is 1.79. The summed E-state index contributed by atoms with van der Waals surface area (Å²) in [5, 5.41) is 0. The number of fused-ring (bicyclic) bond motifs is 1. The van der Waals surface area contributed by atoms with Gasteiger partial charge in [-0.15, -0.1) is 0 Å². The molecule has 1 aliphatic heterocycles. The summed E-state index contributed by atoms with van der Waals surface area (Å²) < 4.78 is 16.7. The Labute approximate surface area is 162 Å². The molecule has 1 aromatic heterocycles. The third-order valence-corrected chi connectivity index (χ3v) is 4.59. The molecule has 2 aromatic carbocycles. The number of methoxy groups -OCH3 is 1. The highest BCUT2D eigenvalue weighted by atomic mass is 16.5. The first-order valence-corrected chi connectivity index (χ1v) is 9.12. The number of ether oxygens (including phenoxy) is 3. The molecule has 1 saturated heterocycles. The first kappa shape index (κ1) is 18.2. The van der Waals surface area contributed by atoms with Gasteiger partial charge in [-0.2, -0.15) is 0 Å². The molecule has 0 spiro atoms. The lowest BCUT2D eigenvalue weighted by molar-refractivity contribution is -0.0402. The molecule has 1 unspecified atom stereocenters. The van der Waals surface area contributed by atoms with Crippen LogP contribution in [0.5, 0.6) is 11.5 Å². The standard InChI is InChI=1S/C21H21N3O4/c1-26-15-6-8-16(9-7-15)28-14-17-13-24(10-11-27-17)21(25)20-12-22-18-4-2-3-5-19(18)23-20/h2-9,12,17H,10-11,13-14H2,1H3. The molecule has 144 valence electrons. The van der Waals surface area contributed by atoms with Gasteiger partial charge in [-0.3, -0.25) is 9.78 Å². The molecule has 1 aliphatic rings. The zero-order valence-corrected chi connectivity index (χ0v) is 15.6. The maximum Gasteiger partial charge on any atom is 0.274 e. The molecule has 7 nitrogen and oxygen atoms in total. The van der Waals surface area contributed by atoms with Gasteiger partial charge in [-0.1, -0.05) is 12.1 Å². The number of carbonyl (C=O) groups excluding carboxylic acids is 1. The number of amides is 1. The van der Waals surface area contributed by atoms with Crippen LogP contribution >= 0.6 is 0 Å². The van der Waals surface area contributed by atoms with Crippen LogP contribution in [0, 0.1) is 0 Å². The Hall–Kier alpha value is -3.19. The molecule has 1 amide bonds. The molecule has 0 aliphatic carbocycles. The minimum absolute atomic E-state index is 0.143. The second-order valence-electron chi connectivity index (χ2n) is 6.47. The Morgan fingerprint density at radius 1 is 1.14 bits per heavy atom. The van der Waals surface area contributed by atoms with Gasteiger partial charge < -0.3 is 19.1 Å². The second kappa shape index (κ2) is 8.22. The van der Waals surface area contributed by atoms with Gasteiger partial charge in [0.05, 0.1) is 37.5 Å². The highest BCUT2D eigenvalue weighted by Gasteiger charge is 2.26.